The molecule has 0 spiro atoms. The zero-order valence-corrected chi connectivity index (χ0v) is 15.9. The molecule has 0 radical (unpaired) electrons. The van der Waals surface area contributed by atoms with E-state index in [2.05, 4.69) is 12.6 Å². The molecule has 3 rings (SSSR count). The van der Waals surface area contributed by atoms with Gasteiger partial charge in [-0.2, -0.15) is 5.26 Å². The van der Waals surface area contributed by atoms with Crippen molar-refractivity contribution in [1.82, 2.24) is 0 Å². The summed E-state index contributed by atoms with van der Waals surface area (Å²) in [5, 5.41) is 19.7. The highest BCUT2D eigenvalue weighted by Crippen LogP contribution is 2.46. The normalized spacial score (nSPS) is 19.2. The van der Waals surface area contributed by atoms with E-state index in [4.69, 9.17) is 9.47 Å². The molecule has 5 nitrogen and oxygen atoms in total. The third-order valence-electron chi connectivity index (χ3n) is 5.37. The Morgan fingerprint density at radius 2 is 2.07 bits per heavy atom. The summed E-state index contributed by atoms with van der Waals surface area (Å²) >= 11 is 0. The predicted octanol–water partition coefficient (Wildman–Crippen LogP) is 3.85. The van der Waals surface area contributed by atoms with Crippen LogP contribution in [0.25, 0.3) is 0 Å². The zero-order chi connectivity index (χ0) is 20.1. The monoisotopic (exact) mass is 377 g/mol. The number of carbonyl (C=O) groups excluding carboxylic acids is 1. The van der Waals surface area contributed by atoms with Gasteiger partial charge in [-0.25, -0.2) is 0 Å². The Labute approximate surface area is 164 Å². The Morgan fingerprint density at radius 1 is 1.32 bits per heavy atom. The van der Waals surface area contributed by atoms with E-state index < -0.39 is 11.5 Å². The fourth-order valence-electron chi connectivity index (χ4n) is 3.77. The largest absolute Gasteiger partial charge is 0.493 e. The molecule has 0 aliphatic heterocycles. The Balaban J connectivity index is 2.00. The van der Waals surface area contributed by atoms with Crippen LogP contribution in [0.4, 0.5) is 0 Å². The van der Waals surface area contributed by atoms with Gasteiger partial charge in [-0.05, 0) is 30.5 Å². The van der Waals surface area contributed by atoms with E-state index in [1.165, 1.54) is 6.08 Å². The lowest BCUT2D eigenvalue weighted by molar-refractivity contribution is 0.0388. The standard InChI is InChI=1S/C23H23NO4/c1-3-20(25)23(13-14-24)12-11-17-18(22(23)26)9-10-19(27-2)21(17)28-15-16-7-5-4-6-8-16/h3-10,20,25H,1,11-13,15H2,2H3/t20-,23+/m1/s1. The number of nitrogens with zero attached hydrogens (tertiary/aromatic N) is 1. The van der Waals surface area contributed by atoms with Gasteiger partial charge in [0.15, 0.2) is 17.3 Å². The van der Waals surface area contributed by atoms with Crippen LogP contribution >= 0.6 is 0 Å². The lowest BCUT2D eigenvalue weighted by Gasteiger charge is -2.38. The van der Waals surface area contributed by atoms with Crippen molar-refractivity contribution in [1.29, 1.82) is 5.26 Å². The lowest BCUT2D eigenvalue weighted by Crippen LogP contribution is -2.44. The van der Waals surface area contributed by atoms with Gasteiger partial charge in [-0.15, -0.1) is 6.58 Å². The summed E-state index contributed by atoms with van der Waals surface area (Å²) in [5.74, 6) is 0.838. The summed E-state index contributed by atoms with van der Waals surface area (Å²) in [7, 11) is 1.56. The molecule has 2 atom stereocenters. The number of ketones is 1. The van der Waals surface area contributed by atoms with Crippen LogP contribution in [0.2, 0.25) is 0 Å². The van der Waals surface area contributed by atoms with Crippen LogP contribution in [0.3, 0.4) is 0 Å². The molecule has 1 aliphatic rings. The van der Waals surface area contributed by atoms with Gasteiger partial charge >= 0.3 is 0 Å². The maximum atomic E-state index is 13.3. The van der Waals surface area contributed by atoms with Crippen LogP contribution in [0.1, 0.15) is 34.3 Å². The Bertz CT molecular complexity index is 916. The van der Waals surface area contributed by atoms with Crippen molar-refractivity contribution in [2.45, 2.75) is 32.0 Å². The minimum absolute atomic E-state index is 0.0648. The Morgan fingerprint density at radius 3 is 2.71 bits per heavy atom. The van der Waals surface area contributed by atoms with E-state index in [0.717, 1.165) is 11.1 Å². The fourth-order valence-corrected chi connectivity index (χ4v) is 3.77. The van der Waals surface area contributed by atoms with E-state index in [-0.39, 0.29) is 12.2 Å². The van der Waals surface area contributed by atoms with E-state index in [1.54, 1.807) is 19.2 Å². The fraction of sp³-hybridized carbons (Fsp3) is 0.304. The molecule has 0 heterocycles. The molecule has 2 aromatic carbocycles. The van der Waals surface area contributed by atoms with Gasteiger partial charge in [0, 0.05) is 11.1 Å². The SMILES string of the molecule is C=C[C@@H](O)[C@@]1(CC#N)CCc2c(ccc(OC)c2OCc2ccccc2)C1=O. The number of aliphatic hydroxyl groups is 1. The van der Waals surface area contributed by atoms with Crippen molar-refractivity contribution in [3.63, 3.8) is 0 Å². The van der Waals surface area contributed by atoms with E-state index in [0.29, 0.717) is 36.5 Å². The van der Waals surface area contributed by atoms with Crippen molar-refractivity contribution in [2.24, 2.45) is 5.41 Å². The second-order valence-electron chi connectivity index (χ2n) is 6.90. The van der Waals surface area contributed by atoms with Crippen LogP contribution in [-0.4, -0.2) is 24.1 Å². The number of methoxy groups -OCH3 is 1. The van der Waals surface area contributed by atoms with Crippen molar-refractivity contribution in [2.75, 3.05) is 7.11 Å². The topological polar surface area (TPSA) is 79.6 Å². The van der Waals surface area contributed by atoms with Crippen molar-refractivity contribution in [3.05, 3.63) is 71.8 Å². The maximum absolute atomic E-state index is 13.3. The van der Waals surface area contributed by atoms with Gasteiger partial charge in [-0.3, -0.25) is 4.79 Å². The number of fused-ring (bicyclic) bond motifs is 1. The second-order valence-corrected chi connectivity index (χ2v) is 6.90. The van der Waals surface area contributed by atoms with Crippen LogP contribution in [-0.2, 0) is 13.0 Å². The number of rotatable bonds is 7. The van der Waals surface area contributed by atoms with Gasteiger partial charge in [0.1, 0.15) is 6.61 Å². The van der Waals surface area contributed by atoms with Crippen LogP contribution in [0, 0.1) is 16.7 Å². The number of benzene rings is 2. The number of hydrogen-bond donors (Lipinski definition) is 1. The molecule has 1 N–H and O–H groups in total. The smallest absolute Gasteiger partial charge is 0.173 e. The van der Waals surface area contributed by atoms with E-state index in [9.17, 15) is 15.2 Å². The van der Waals surface area contributed by atoms with Crippen LogP contribution in [0.15, 0.2) is 55.1 Å². The van der Waals surface area contributed by atoms with E-state index >= 15 is 0 Å². The van der Waals surface area contributed by atoms with Crippen LogP contribution in [0.5, 0.6) is 11.5 Å². The molecule has 0 saturated heterocycles. The summed E-state index contributed by atoms with van der Waals surface area (Å²) in [6.07, 6.45) is 1.02. The number of ether oxygens (including phenoxy) is 2. The summed E-state index contributed by atoms with van der Waals surface area (Å²) in [6.45, 7) is 3.95. The first-order valence-electron chi connectivity index (χ1n) is 9.16. The number of nitriles is 1. The Hall–Kier alpha value is -3.10. The summed E-state index contributed by atoms with van der Waals surface area (Å²) in [4.78, 5) is 13.3. The second kappa shape index (κ2) is 8.28. The van der Waals surface area contributed by atoms with Crippen molar-refractivity contribution in [3.8, 4) is 17.6 Å². The average Bonchev–Trinajstić information content (AvgIpc) is 2.74. The van der Waals surface area contributed by atoms with Crippen molar-refractivity contribution >= 4 is 5.78 Å². The molecule has 0 aromatic heterocycles. The third kappa shape index (κ3) is 3.39. The maximum Gasteiger partial charge on any atom is 0.173 e. The molecule has 28 heavy (non-hydrogen) atoms. The van der Waals surface area contributed by atoms with Gasteiger partial charge < -0.3 is 14.6 Å². The summed E-state index contributed by atoms with van der Waals surface area (Å²) in [6, 6.07) is 15.2. The number of aliphatic hydroxyl groups excluding tert-OH is 1. The quantitative estimate of drug-likeness (QED) is 0.742. The predicted molar refractivity (Wildman–Crippen MR) is 105 cm³/mol. The number of hydrogen-bond acceptors (Lipinski definition) is 5. The Kier molecular flexibility index (Phi) is 5.81. The minimum atomic E-state index is -1.17. The molecule has 0 saturated carbocycles. The summed E-state index contributed by atoms with van der Waals surface area (Å²) < 4.78 is 11.5. The average molecular weight is 377 g/mol. The minimum Gasteiger partial charge on any atom is -0.493 e. The van der Waals surface area contributed by atoms with Gasteiger partial charge in [0.05, 0.1) is 31.1 Å². The molecule has 0 unspecified atom stereocenters. The molecule has 1 aliphatic carbocycles. The molecule has 0 bridgehead atoms. The zero-order valence-electron chi connectivity index (χ0n) is 15.9. The summed E-state index contributed by atoms with van der Waals surface area (Å²) in [5.41, 5.74) is 1.05. The van der Waals surface area contributed by atoms with Crippen LogP contribution < -0.4 is 9.47 Å². The van der Waals surface area contributed by atoms with Crippen molar-refractivity contribution < 1.29 is 19.4 Å². The molecule has 2 aromatic rings. The number of carbonyl (C=O) groups is 1. The molecule has 0 fully saturated rings. The first-order chi connectivity index (χ1) is 13.6. The molecule has 5 heteroatoms. The highest BCUT2D eigenvalue weighted by atomic mass is 16.5. The van der Waals surface area contributed by atoms with Gasteiger partial charge in [0.2, 0.25) is 0 Å². The third-order valence-corrected chi connectivity index (χ3v) is 5.37. The molecule has 144 valence electrons. The lowest BCUT2D eigenvalue weighted by atomic mass is 9.65. The van der Waals surface area contributed by atoms with Gasteiger partial charge in [-0.1, -0.05) is 36.4 Å². The molecular formula is C23H23NO4. The molecule has 0 amide bonds. The first-order valence-corrected chi connectivity index (χ1v) is 9.16. The molecular weight excluding hydrogens is 354 g/mol. The van der Waals surface area contributed by atoms with Gasteiger partial charge in [0.25, 0.3) is 0 Å². The highest BCUT2D eigenvalue weighted by Gasteiger charge is 2.48. The number of Topliss-reactive ketones (excluding diaryl/α,β-unsaturated/α-hetero) is 1. The van der Waals surface area contributed by atoms with E-state index in [1.807, 2.05) is 30.3 Å². The first kappa shape index (κ1) is 19.7. The highest BCUT2D eigenvalue weighted by molar-refractivity contribution is 6.04.